The lowest BCUT2D eigenvalue weighted by atomic mass is 10.1. The molecule has 0 aliphatic carbocycles. The highest BCUT2D eigenvalue weighted by molar-refractivity contribution is 7.19. The van der Waals surface area contributed by atoms with E-state index in [1.165, 1.54) is 6.07 Å². The molecular formula is C12H7F3N2OS. The molecule has 0 fully saturated rings. The Kier molecular flexibility index (Phi) is 2.53. The van der Waals surface area contributed by atoms with Gasteiger partial charge >= 0.3 is 6.18 Å². The Morgan fingerprint density at radius 2 is 1.95 bits per heavy atom. The minimum Gasteiger partial charge on any atom is -0.381 e. The number of fused-ring (bicyclic) bond motifs is 1. The van der Waals surface area contributed by atoms with E-state index in [9.17, 15) is 13.2 Å². The molecule has 0 atom stereocenters. The fraction of sp³-hybridized carbons (Fsp3) is 0.0833. The van der Waals surface area contributed by atoms with E-state index in [1.54, 1.807) is 18.2 Å². The smallest absolute Gasteiger partial charge is 0.381 e. The highest BCUT2D eigenvalue weighted by atomic mass is 32.1. The molecule has 2 N–H and O–H groups in total. The van der Waals surface area contributed by atoms with E-state index >= 15 is 0 Å². The van der Waals surface area contributed by atoms with Gasteiger partial charge in [0.25, 0.3) is 0 Å². The van der Waals surface area contributed by atoms with Gasteiger partial charge in [-0.05, 0) is 29.7 Å². The molecule has 3 nitrogen and oxygen atoms in total. The number of benzene rings is 1. The number of thiophene rings is 1. The maximum absolute atomic E-state index is 12.6. The van der Waals surface area contributed by atoms with Gasteiger partial charge in [-0.3, -0.25) is 0 Å². The molecule has 0 spiro atoms. The van der Waals surface area contributed by atoms with Crippen molar-refractivity contribution < 1.29 is 17.7 Å². The third-order valence-electron chi connectivity index (χ3n) is 2.61. The third kappa shape index (κ3) is 2.17. The number of aromatic nitrogens is 1. The van der Waals surface area contributed by atoms with Crippen molar-refractivity contribution in [2.45, 2.75) is 6.18 Å². The van der Waals surface area contributed by atoms with E-state index in [0.717, 1.165) is 17.4 Å². The lowest BCUT2D eigenvalue weighted by molar-refractivity contribution is -0.134. The second-order valence-corrected chi connectivity index (χ2v) is 5.06. The summed E-state index contributed by atoms with van der Waals surface area (Å²) in [7, 11) is 0. The largest absolute Gasteiger partial charge is 0.425 e. The summed E-state index contributed by atoms with van der Waals surface area (Å²) in [6.45, 7) is 0. The first kappa shape index (κ1) is 12.0. The summed E-state index contributed by atoms with van der Waals surface area (Å²) in [4.78, 5) is -0.614. The SMILES string of the molecule is Nc1cc(-c2ccc3sc(C(F)(F)F)cc3c2)on1. The van der Waals surface area contributed by atoms with Crippen LogP contribution in [0.4, 0.5) is 19.0 Å². The van der Waals surface area contributed by atoms with Gasteiger partial charge in [0.15, 0.2) is 11.6 Å². The van der Waals surface area contributed by atoms with Crippen molar-refractivity contribution in [3.8, 4) is 11.3 Å². The average Bonchev–Trinajstić information content (AvgIpc) is 2.92. The van der Waals surface area contributed by atoms with Crippen LogP contribution in [-0.2, 0) is 6.18 Å². The molecule has 98 valence electrons. The van der Waals surface area contributed by atoms with Crippen molar-refractivity contribution in [1.82, 2.24) is 5.16 Å². The van der Waals surface area contributed by atoms with Crippen LogP contribution in [0, 0.1) is 0 Å². The van der Waals surface area contributed by atoms with Gasteiger partial charge in [-0.2, -0.15) is 13.2 Å². The van der Waals surface area contributed by atoms with Crippen molar-refractivity contribution in [3.05, 3.63) is 35.2 Å². The first-order valence-electron chi connectivity index (χ1n) is 5.27. The number of anilines is 1. The lowest BCUT2D eigenvalue weighted by Crippen LogP contribution is -2.00. The second kappa shape index (κ2) is 3.99. The fourth-order valence-corrected chi connectivity index (χ4v) is 2.67. The van der Waals surface area contributed by atoms with E-state index in [2.05, 4.69) is 5.16 Å². The van der Waals surface area contributed by atoms with Gasteiger partial charge in [-0.1, -0.05) is 5.16 Å². The quantitative estimate of drug-likeness (QED) is 0.730. The van der Waals surface area contributed by atoms with Gasteiger partial charge < -0.3 is 10.3 Å². The highest BCUT2D eigenvalue weighted by Gasteiger charge is 2.32. The van der Waals surface area contributed by atoms with Crippen molar-refractivity contribution >= 4 is 27.2 Å². The van der Waals surface area contributed by atoms with Crippen LogP contribution < -0.4 is 5.73 Å². The molecule has 0 amide bonds. The standard InChI is InChI=1S/C12H7F3N2OS/c13-12(14,15)10-4-7-3-6(1-2-9(7)19-10)8-5-11(16)17-18-8/h1-5H,(H2,16,17). The predicted molar refractivity (Wildman–Crippen MR) is 66.7 cm³/mol. The Morgan fingerprint density at radius 3 is 2.58 bits per heavy atom. The number of nitrogens with two attached hydrogens (primary N) is 1. The average molecular weight is 284 g/mol. The van der Waals surface area contributed by atoms with Gasteiger partial charge in [-0.15, -0.1) is 11.3 Å². The number of halogens is 3. The van der Waals surface area contributed by atoms with Gasteiger partial charge in [0.05, 0.1) is 0 Å². The molecule has 19 heavy (non-hydrogen) atoms. The molecule has 0 saturated carbocycles. The van der Waals surface area contributed by atoms with Crippen molar-refractivity contribution in [3.63, 3.8) is 0 Å². The minimum absolute atomic E-state index is 0.233. The fourth-order valence-electron chi connectivity index (χ4n) is 1.76. The first-order valence-corrected chi connectivity index (χ1v) is 6.08. The number of rotatable bonds is 1. The van der Waals surface area contributed by atoms with Crippen LogP contribution in [0.2, 0.25) is 0 Å². The summed E-state index contributed by atoms with van der Waals surface area (Å²) >= 11 is 0.717. The summed E-state index contributed by atoms with van der Waals surface area (Å²) in [5.74, 6) is 0.663. The molecule has 0 radical (unpaired) electrons. The summed E-state index contributed by atoms with van der Waals surface area (Å²) in [6, 6.07) is 7.59. The van der Waals surface area contributed by atoms with E-state index in [-0.39, 0.29) is 5.82 Å². The molecule has 7 heteroatoms. The lowest BCUT2D eigenvalue weighted by Gasteiger charge is -1.99. The topological polar surface area (TPSA) is 52.0 Å². The minimum atomic E-state index is -4.32. The Hall–Kier alpha value is -2.02. The van der Waals surface area contributed by atoms with Gasteiger partial charge in [0, 0.05) is 16.3 Å². The zero-order valence-corrected chi connectivity index (χ0v) is 10.2. The van der Waals surface area contributed by atoms with Crippen LogP contribution in [-0.4, -0.2) is 5.16 Å². The van der Waals surface area contributed by atoms with E-state index in [0.29, 0.717) is 21.4 Å². The Bertz CT molecular complexity index is 745. The molecule has 0 bridgehead atoms. The van der Waals surface area contributed by atoms with Crippen LogP contribution >= 0.6 is 11.3 Å². The Labute approximate surface area is 109 Å². The number of alkyl halides is 3. The molecular weight excluding hydrogens is 277 g/mol. The van der Waals surface area contributed by atoms with E-state index < -0.39 is 11.1 Å². The molecule has 0 aliphatic heterocycles. The highest BCUT2D eigenvalue weighted by Crippen LogP contribution is 2.39. The number of nitrogen functional groups attached to an aromatic ring is 1. The first-order chi connectivity index (χ1) is 8.93. The summed E-state index contributed by atoms with van der Waals surface area (Å²) < 4.78 is 43.4. The maximum Gasteiger partial charge on any atom is 0.425 e. The maximum atomic E-state index is 12.6. The zero-order valence-electron chi connectivity index (χ0n) is 9.36. The Morgan fingerprint density at radius 1 is 1.16 bits per heavy atom. The number of hydrogen-bond donors (Lipinski definition) is 1. The molecule has 1 aromatic carbocycles. The normalized spacial score (nSPS) is 12.2. The molecule has 0 unspecified atom stereocenters. The summed E-state index contributed by atoms with van der Waals surface area (Å²) in [5, 5.41) is 4.06. The van der Waals surface area contributed by atoms with Gasteiger partial charge in [-0.25, -0.2) is 0 Å². The van der Waals surface area contributed by atoms with E-state index in [4.69, 9.17) is 10.3 Å². The molecule has 0 aliphatic rings. The zero-order chi connectivity index (χ0) is 13.6. The monoisotopic (exact) mass is 284 g/mol. The third-order valence-corrected chi connectivity index (χ3v) is 3.77. The van der Waals surface area contributed by atoms with Crippen LogP contribution in [0.3, 0.4) is 0 Å². The predicted octanol–water partition coefficient (Wildman–Crippen LogP) is 4.16. The summed E-state index contributed by atoms with van der Waals surface area (Å²) in [5.41, 5.74) is 6.08. The second-order valence-electron chi connectivity index (χ2n) is 3.98. The van der Waals surface area contributed by atoms with Crippen molar-refractivity contribution in [2.24, 2.45) is 0 Å². The van der Waals surface area contributed by atoms with Crippen molar-refractivity contribution in [2.75, 3.05) is 5.73 Å². The molecule has 2 aromatic heterocycles. The number of nitrogens with zero attached hydrogens (tertiary/aromatic N) is 1. The Balaban J connectivity index is 2.11. The number of hydrogen-bond acceptors (Lipinski definition) is 4. The van der Waals surface area contributed by atoms with E-state index in [1.807, 2.05) is 0 Å². The van der Waals surface area contributed by atoms with Gasteiger partial charge in [0.1, 0.15) is 4.88 Å². The van der Waals surface area contributed by atoms with Crippen LogP contribution in [0.15, 0.2) is 34.9 Å². The summed E-state index contributed by atoms with van der Waals surface area (Å²) in [6.07, 6.45) is -4.32. The van der Waals surface area contributed by atoms with Crippen molar-refractivity contribution in [1.29, 1.82) is 0 Å². The van der Waals surface area contributed by atoms with Gasteiger partial charge in [0.2, 0.25) is 0 Å². The van der Waals surface area contributed by atoms with Crippen LogP contribution in [0.25, 0.3) is 21.4 Å². The molecule has 3 rings (SSSR count). The van der Waals surface area contributed by atoms with Crippen LogP contribution in [0.1, 0.15) is 4.88 Å². The molecule has 3 aromatic rings. The molecule has 2 heterocycles. The molecule has 0 saturated heterocycles. The van der Waals surface area contributed by atoms with Crippen LogP contribution in [0.5, 0.6) is 0 Å².